The number of hydrogen-bond acceptors (Lipinski definition) is 10. The zero-order valence-electron chi connectivity index (χ0n) is 30.8. The van der Waals surface area contributed by atoms with Gasteiger partial charge in [0.05, 0.1) is 35.9 Å². The quantitative estimate of drug-likeness (QED) is 0.139. The average Bonchev–Trinajstić information content (AvgIpc) is 3.84. The third kappa shape index (κ3) is 4.26. The molecule has 6 saturated carbocycles. The van der Waals surface area contributed by atoms with Gasteiger partial charge in [-0.1, -0.05) is 36.8 Å². The summed E-state index contributed by atoms with van der Waals surface area (Å²) < 4.78 is 6.17. The predicted molar refractivity (Wildman–Crippen MR) is 193 cm³/mol. The fraction of sp³-hybridized carbons (Fsp3) is 0.721. The number of hydrogen-bond donors (Lipinski definition) is 7. The molecule has 6 fully saturated rings. The summed E-state index contributed by atoms with van der Waals surface area (Å²) in [5, 5.41) is 77.1. The molecule has 1 heterocycles. The van der Waals surface area contributed by atoms with E-state index < -0.39 is 62.6 Å². The van der Waals surface area contributed by atoms with E-state index in [1.54, 1.807) is 0 Å². The lowest BCUT2D eigenvalue weighted by Gasteiger charge is -2.71. The Labute approximate surface area is 311 Å². The van der Waals surface area contributed by atoms with E-state index in [-0.39, 0.29) is 63.2 Å². The number of likely N-dealkylation sites (N-methyl/N-ethyl adjacent to an activating group) is 1. The summed E-state index contributed by atoms with van der Waals surface area (Å²) in [6.07, 6.45) is 7.33. The van der Waals surface area contributed by atoms with E-state index >= 15 is 0 Å². The highest BCUT2D eigenvalue weighted by Crippen LogP contribution is 2.80. The minimum absolute atomic E-state index is 0.0411. The number of nitrogens with one attached hydrogen (secondary N) is 1. The SMILES string of the molecule is CN[C@H]1Cc2c(cccc2CO)C#CCC[C@]23CC[C@H]4[C@@](O)(CC[C@]5(O)C[C@@H](O)C6(CCCC6)C[C@]45C=O)[C@@]2(O)C[C@@H]2C[C@H]1[C@H]1OC(=O)C=C1[C@@]23CO. The van der Waals surface area contributed by atoms with Crippen molar-refractivity contribution in [1.29, 1.82) is 0 Å². The van der Waals surface area contributed by atoms with Crippen LogP contribution in [0.25, 0.3) is 0 Å². The van der Waals surface area contributed by atoms with Crippen LogP contribution in [0.3, 0.4) is 0 Å². The van der Waals surface area contributed by atoms with E-state index in [4.69, 9.17) is 4.74 Å². The van der Waals surface area contributed by atoms with E-state index in [0.29, 0.717) is 44.1 Å². The van der Waals surface area contributed by atoms with Crippen molar-refractivity contribution in [2.24, 2.45) is 39.4 Å². The van der Waals surface area contributed by atoms with Crippen LogP contribution in [0.1, 0.15) is 107 Å². The maximum absolute atomic E-state index is 13.8. The molecule has 10 nitrogen and oxygen atoms in total. The number of rotatable bonds is 4. The van der Waals surface area contributed by atoms with Gasteiger partial charge in [-0.25, -0.2) is 4.79 Å². The number of fused-ring (bicyclic) bond motifs is 7. The second kappa shape index (κ2) is 11.9. The van der Waals surface area contributed by atoms with Gasteiger partial charge < -0.3 is 45.5 Å². The summed E-state index contributed by atoms with van der Waals surface area (Å²) in [6.45, 7) is -0.490. The van der Waals surface area contributed by atoms with E-state index in [2.05, 4.69) is 17.2 Å². The van der Waals surface area contributed by atoms with Crippen molar-refractivity contribution in [2.45, 2.75) is 138 Å². The minimum Gasteiger partial charge on any atom is -0.454 e. The van der Waals surface area contributed by atoms with Crippen LogP contribution in [0.15, 0.2) is 29.8 Å². The van der Waals surface area contributed by atoms with Gasteiger partial charge in [-0.2, -0.15) is 0 Å². The predicted octanol–water partition coefficient (Wildman–Crippen LogP) is 2.61. The van der Waals surface area contributed by atoms with Crippen LogP contribution >= 0.6 is 0 Å². The molecule has 0 amide bonds. The van der Waals surface area contributed by atoms with Gasteiger partial charge in [0.1, 0.15) is 18.0 Å². The highest BCUT2D eigenvalue weighted by Gasteiger charge is 2.84. The Morgan fingerprint density at radius 2 is 1.83 bits per heavy atom. The summed E-state index contributed by atoms with van der Waals surface area (Å²) in [5.41, 5.74) is -6.05. The third-order valence-electron chi connectivity index (χ3n) is 17.3. The summed E-state index contributed by atoms with van der Waals surface area (Å²) >= 11 is 0. The van der Waals surface area contributed by atoms with Crippen LogP contribution < -0.4 is 5.32 Å². The van der Waals surface area contributed by atoms with Crippen LogP contribution in [-0.2, 0) is 27.4 Å². The molecule has 1 aromatic carbocycles. The van der Waals surface area contributed by atoms with E-state index in [9.17, 15) is 40.2 Å². The van der Waals surface area contributed by atoms with Crippen LogP contribution in [0, 0.1) is 51.3 Å². The first-order chi connectivity index (χ1) is 25.4. The molecule has 10 heteroatoms. The first kappa shape index (κ1) is 36.0. The lowest BCUT2D eigenvalue weighted by molar-refractivity contribution is -0.333. The number of ether oxygens (including phenoxy) is 1. The lowest BCUT2D eigenvalue weighted by atomic mass is 9.36. The Kier molecular flexibility index (Phi) is 8.12. The Morgan fingerprint density at radius 3 is 2.55 bits per heavy atom. The Hall–Kier alpha value is -2.62. The summed E-state index contributed by atoms with van der Waals surface area (Å²) in [7, 11) is 1.88. The van der Waals surface area contributed by atoms with E-state index in [0.717, 1.165) is 48.7 Å². The Morgan fingerprint density at radius 1 is 1.04 bits per heavy atom. The molecule has 53 heavy (non-hydrogen) atoms. The summed E-state index contributed by atoms with van der Waals surface area (Å²) in [4.78, 5) is 27.2. The number of carbonyl (C=O) groups excluding carboxylic acids is 2. The number of aldehydes is 1. The average molecular weight is 730 g/mol. The van der Waals surface area contributed by atoms with Gasteiger partial charge >= 0.3 is 5.97 Å². The van der Waals surface area contributed by atoms with Gasteiger partial charge in [0.15, 0.2) is 0 Å². The molecule has 12 atom stereocenters. The molecule has 4 bridgehead atoms. The largest absolute Gasteiger partial charge is 0.454 e. The molecule has 0 aromatic heterocycles. The van der Waals surface area contributed by atoms with Crippen molar-refractivity contribution in [3.8, 4) is 11.8 Å². The van der Waals surface area contributed by atoms with Gasteiger partial charge in [-0.05, 0) is 112 Å². The molecular formula is C43H55NO9. The molecule has 0 unspecified atom stereocenters. The normalized spacial score (nSPS) is 47.6. The minimum atomic E-state index is -1.80. The molecule has 286 valence electrons. The van der Waals surface area contributed by atoms with Gasteiger partial charge in [0.2, 0.25) is 0 Å². The van der Waals surface area contributed by atoms with Gasteiger partial charge in [-0.3, -0.25) is 0 Å². The molecule has 0 radical (unpaired) electrons. The number of aliphatic hydroxyl groups is 6. The third-order valence-corrected chi connectivity index (χ3v) is 17.3. The maximum atomic E-state index is 13.8. The lowest BCUT2D eigenvalue weighted by Crippen LogP contribution is -2.79. The molecular weight excluding hydrogens is 674 g/mol. The first-order valence-corrected chi connectivity index (χ1v) is 20.1. The second-order valence-electron chi connectivity index (χ2n) is 18.5. The molecule has 1 aromatic rings. The van der Waals surface area contributed by atoms with Crippen LogP contribution in [0.2, 0.25) is 0 Å². The Bertz CT molecular complexity index is 1810. The molecule has 2 spiro atoms. The summed E-state index contributed by atoms with van der Waals surface area (Å²) in [6, 6.07) is 5.53. The summed E-state index contributed by atoms with van der Waals surface area (Å²) in [5.74, 6) is 4.91. The number of esters is 1. The number of carbonyl (C=O) groups is 2. The van der Waals surface area contributed by atoms with Crippen molar-refractivity contribution >= 4 is 12.3 Å². The Balaban J connectivity index is 1.23. The fourth-order valence-electron chi connectivity index (χ4n) is 15.0. The van der Waals surface area contributed by atoms with Crippen LogP contribution in [0.5, 0.6) is 0 Å². The molecule has 7 N–H and O–H groups in total. The van der Waals surface area contributed by atoms with Gasteiger partial charge in [0.25, 0.3) is 0 Å². The van der Waals surface area contributed by atoms with Crippen LogP contribution in [0.4, 0.5) is 0 Å². The maximum Gasteiger partial charge on any atom is 0.331 e. The van der Waals surface area contributed by atoms with Crippen molar-refractivity contribution < 1.29 is 45.0 Å². The molecule has 1 aliphatic heterocycles. The van der Waals surface area contributed by atoms with Crippen molar-refractivity contribution in [1.82, 2.24) is 5.32 Å². The topological polar surface area (TPSA) is 177 Å². The standard InChI is InChI=1S/C43H55NO9/c1-44-32-18-29-26(8-6-9-27(29)22-45)7-2-3-13-39-14-10-33-38(24-46)23-37(11-4-5-12-37)34(48)21-40(38,50)15-16-42(33,51)43(39,52)20-28-17-30(32)36-31(19-35(49)53-36)41(28,39)25-47/h6,8-9,19,24,28,30,32-34,36,44-45,47-48,50-52H,3-5,10-18,20-23,25H2,1H3/t28-,30+,32-,33+,34+,36+,38-,39+,40-,41+,42-,43+/m0/s1. The number of benzene rings is 1. The van der Waals surface area contributed by atoms with Gasteiger partial charge in [-0.15, -0.1) is 0 Å². The zero-order chi connectivity index (χ0) is 37.2. The smallest absolute Gasteiger partial charge is 0.331 e. The monoisotopic (exact) mass is 729 g/mol. The second-order valence-corrected chi connectivity index (χ2v) is 18.5. The zero-order valence-corrected chi connectivity index (χ0v) is 30.8. The van der Waals surface area contributed by atoms with Crippen molar-refractivity contribution in [3.63, 3.8) is 0 Å². The first-order valence-electron chi connectivity index (χ1n) is 20.1. The fourth-order valence-corrected chi connectivity index (χ4v) is 15.0. The molecule has 8 aliphatic carbocycles. The van der Waals surface area contributed by atoms with E-state index in [1.807, 2.05) is 25.2 Å². The van der Waals surface area contributed by atoms with E-state index in [1.165, 1.54) is 6.08 Å². The van der Waals surface area contributed by atoms with Crippen molar-refractivity contribution in [2.75, 3.05) is 13.7 Å². The van der Waals surface area contributed by atoms with Crippen LogP contribution in [-0.4, -0.2) is 91.6 Å². The molecule has 0 saturated heterocycles. The van der Waals surface area contributed by atoms with Crippen molar-refractivity contribution in [3.05, 3.63) is 46.5 Å². The highest BCUT2D eigenvalue weighted by molar-refractivity contribution is 5.87. The molecule has 10 rings (SSSR count). The van der Waals surface area contributed by atoms with Gasteiger partial charge in [0, 0.05) is 53.2 Å². The molecule has 9 aliphatic rings. The number of aliphatic hydroxyl groups excluding tert-OH is 3. The highest BCUT2D eigenvalue weighted by atomic mass is 16.5.